The molecule has 35 heavy (non-hydrogen) atoms. The van der Waals surface area contributed by atoms with Crippen LogP contribution in [0.4, 0.5) is 0 Å². The minimum Gasteiger partial charge on any atom is -0.479 e. The maximum Gasteiger partial charge on any atom is 0.332 e. The zero-order chi connectivity index (χ0) is 25.8. The molecular formula is C24H29N3O7S. The van der Waals surface area contributed by atoms with Crippen molar-refractivity contribution in [2.75, 3.05) is 12.5 Å². The van der Waals surface area contributed by atoms with Gasteiger partial charge in [0.15, 0.2) is 6.04 Å². The number of carboxylic acid groups (broad SMARTS) is 1. The number of amides is 3. The molecule has 1 saturated heterocycles. The molecule has 10 nitrogen and oxygen atoms in total. The summed E-state index contributed by atoms with van der Waals surface area (Å²) in [6.07, 6.45) is 2.88. The lowest BCUT2D eigenvalue weighted by Crippen LogP contribution is -2.67. The molecule has 0 aromatic heterocycles. The summed E-state index contributed by atoms with van der Waals surface area (Å²) in [5.74, 6) is -3.39. The highest BCUT2D eigenvalue weighted by Crippen LogP contribution is 2.24. The van der Waals surface area contributed by atoms with Crippen molar-refractivity contribution in [3.63, 3.8) is 0 Å². The van der Waals surface area contributed by atoms with Crippen molar-refractivity contribution in [1.29, 1.82) is 0 Å². The molecule has 3 atom stereocenters. The molecule has 11 heteroatoms. The van der Waals surface area contributed by atoms with E-state index in [-0.39, 0.29) is 18.9 Å². The number of fused-ring (bicyclic) bond motifs is 1. The van der Waals surface area contributed by atoms with E-state index in [1.807, 2.05) is 30.3 Å². The van der Waals surface area contributed by atoms with Crippen molar-refractivity contribution in [2.45, 2.75) is 50.9 Å². The van der Waals surface area contributed by atoms with Gasteiger partial charge < -0.3 is 15.2 Å². The van der Waals surface area contributed by atoms with Gasteiger partial charge in [0.25, 0.3) is 5.91 Å². The number of thioether (sulfide) groups is 1. The molecule has 0 spiro atoms. The molecule has 0 radical (unpaired) electrons. The Labute approximate surface area is 207 Å². The van der Waals surface area contributed by atoms with Gasteiger partial charge in [-0.3, -0.25) is 19.2 Å². The molecular weight excluding hydrogens is 474 g/mol. The number of benzene rings is 1. The Morgan fingerprint density at radius 1 is 1.20 bits per heavy atom. The molecule has 3 rings (SSSR count). The van der Waals surface area contributed by atoms with Crippen LogP contribution >= 0.6 is 11.8 Å². The molecule has 2 aliphatic rings. The number of carbonyl (C=O) groups excluding carboxylic acids is 4. The minimum atomic E-state index is -1.33. The molecule has 3 amide bonds. The topological polar surface area (TPSA) is 133 Å². The van der Waals surface area contributed by atoms with Crippen LogP contribution in [0.5, 0.6) is 0 Å². The fraction of sp³-hybridized carbons (Fsp3) is 0.458. The number of ether oxygens (including phenoxy) is 1. The summed E-state index contributed by atoms with van der Waals surface area (Å²) in [5, 5.41) is 13.4. The second-order valence-electron chi connectivity index (χ2n) is 9.28. The van der Waals surface area contributed by atoms with Gasteiger partial charge in [-0.25, -0.2) is 14.8 Å². The molecule has 1 aromatic carbocycles. The van der Waals surface area contributed by atoms with Crippen LogP contribution in [-0.2, 0) is 35.1 Å². The van der Waals surface area contributed by atoms with Crippen LogP contribution in [0.1, 0.15) is 32.8 Å². The number of hydrazine groups is 1. The van der Waals surface area contributed by atoms with E-state index in [1.165, 1.54) is 12.2 Å². The van der Waals surface area contributed by atoms with Gasteiger partial charge in [-0.2, -0.15) is 0 Å². The second-order valence-corrected chi connectivity index (χ2v) is 10.4. The Morgan fingerprint density at radius 2 is 1.89 bits per heavy atom. The van der Waals surface area contributed by atoms with Crippen LogP contribution in [-0.4, -0.2) is 74.6 Å². The van der Waals surface area contributed by atoms with E-state index < -0.39 is 52.4 Å². The third-order valence-corrected chi connectivity index (χ3v) is 6.55. The minimum absolute atomic E-state index is 0.0651. The number of rotatable bonds is 8. The highest BCUT2D eigenvalue weighted by Gasteiger charge is 2.46. The lowest BCUT2D eigenvalue weighted by Gasteiger charge is -2.44. The Hall–Kier alpha value is -3.34. The van der Waals surface area contributed by atoms with Gasteiger partial charge in [-0.05, 0) is 32.8 Å². The molecule has 0 saturated carbocycles. The summed E-state index contributed by atoms with van der Waals surface area (Å²) in [7, 11) is 0. The summed E-state index contributed by atoms with van der Waals surface area (Å²) < 4.78 is 5.30. The summed E-state index contributed by atoms with van der Waals surface area (Å²) >= 11 is 1.11. The average molecular weight is 504 g/mol. The summed E-state index contributed by atoms with van der Waals surface area (Å²) in [6, 6.07) is 6.70. The van der Waals surface area contributed by atoms with Crippen LogP contribution in [0.2, 0.25) is 0 Å². The molecule has 2 N–H and O–H groups in total. The average Bonchev–Trinajstić information content (AvgIpc) is 2.81. The summed E-state index contributed by atoms with van der Waals surface area (Å²) in [4.78, 5) is 62.7. The van der Waals surface area contributed by atoms with E-state index in [9.17, 15) is 29.1 Å². The van der Waals surface area contributed by atoms with E-state index in [1.54, 1.807) is 20.8 Å². The SMILES string of the molecule is CC(C)(C)C(=O)OCS[C@@H](Cc1ccccc1)C(=O)NC1CC(=O)N2CC=C[C@@H](C(=O)O)N2C1=O. The van der Waals surface area contributed by atoms with Gasteiger partial charge in [0.05, 0.1) is 23.6 Å². The number of carbonyl (C=O) groups is 5. The third kappa shape index (κ3) is 6.41. The first-order valence-corrected chi connectivity index (χ1v) is 12.2. The van der Waals surface area contributed by atoms with Crippen LogP contribution in [0, 0.1) is 5.41 Å². The molecule has 2 heterocycles. The number of nitrogens with zero attached hydrogens (tertiary/aromatic N) is 2. The van der Waals surface area contributed by atoms with Crippen LogP contribution in [0.3, 0.4) is 0 Å². The number of hydrogen-bond acceptors (Lipinski definition) is 7. The molecule has 188 valence electrons. The van der Waals surface area contributed by atoms with E-state index in [2.05, 4.69) is 5.32 Å². The number of esters is 1. The maximum atomic E-state index is 13.2. The van der Waals surface area contributed by atoms with Gasteiger partial charge in [0.2, 0.25) is 11.8 Å². The molecule has 1 fully saturated rings. The summed E-state index contributed by atoms with van der Waals surface area (Å²) in [5.41, 5.74) is 0.175. The van der Waals surface area contributed by atoms with Crippen molar-refractivity contribution in [3.8, 4) is 0 Å². The van der Waals surface area contributed by atoms with Crippen molar-refractivity contribution in [2.24, 2.45) is 5.41 Å². The smallest absolute Gasteiger partial charge is 0.332 e. The zero-order valence-electron chi connectivity index (χ0n) is 19.8. The van der Waals surface area contributed by atoms with E-state index >= 15 is 0 Å². The fourth-order valence-electron chi connectivity index (χ4n) is 3.62. The van der Waals surface area contributed by atoms with E-state index in [0.717, 1.165) is 27.3 Å². The first-order chi connectivity index (χ1) is 16.5. The number of nitrogens with one attached hydrogen (secondary N) is 1. The van der Waals surface area contributed by atoms with Gasteiger partial charge >= 0.3 is 11.9 Å². The number of hydrogen-bond donors (Lipinski definition) is 2. The second kappa shape index (κ2) is 10.9. The van der Waals surface area contributed by atoms with Crippen molar-refractivity contribution in [1.82, 2.24) is 15.3 Å². The van der Waals surface area contributed by atoms with E-state index in [4.69, 9.17) is 4.74 Å². The Kier molecular flexibility index (Phi) is 8.21. The predicted molar refractivity (Wildman–Crippen MR) is 128 cm³/mol. The maximum absolute atomic E-state index is 13.2. The van der Waals surface area contributed by atoms with E-state index in [0.29, 0.717) is 6.42 Å². The van der Waals surface area contributed by atoms with Gasteiger partial charge in [-0.1, -0.05) is 42.5 Å². The normalized spacial score (nSPS) is 20.8. The number of aliphatic carboxylic acids is 1. The Bertz CT molecular complexity index is 1020. The first kappa shape index (κ1) is 26.3. The molecule has 2 aliphatic heterocycles. The van der Waals surface area contributed by atoms with Gasteiger partial charge in [0, 0.05) is 0 Å². The van der Waals surface area contributed by atoms with Gasteiger partial charge in [0.1, 0.15) is 12.0 Å². The van der Waals surface area contributed by atoms with Crippen molar-refractivity contribution < 1.29 is 33.8 Å². The quantitative estimate of drug-likeness (QED) is 0.309. The predicted octanol–water partition coefficient (Wildman–Crippen LogP) is 1.36. The largest absolute Gasteiger partial charge is 0.479 e. The molecule has 0 aliphatic carbocycles. The standard InChI is InChI=1S/C24H29N3O7S/c1-24(2,3)23(33)34-14-35-18(12-15-8-5-4-6-9-15)20(29)25-16-13-19(28)26-11-7-10-17(22(31)32)27(26)21(16)30/h4-10,16-18H,11-14H2,1-3H3,(H,25,29)(H,31,32)/t16?,17-,18-/m0/s1. The fourth-order valence-corrected chi connectivity index (χ4v) is 4.49. The number of carboxylic acids is 1. The zero-order valence-corrected chi connectivity index (χ0v) is 20.6. The van der Waals surface area contributed by atoms with Crippen LogP contribution in [0.15, 0.2) is 42.5 Å². The highest BCUT2D eigenvalue weighted by molar-refractivity contribution is 8.00. The van der Waals surface area contributed by atoms with Crippen LogP contribution in [0.25, 0.3) is 0 Å². The Morgan fingerprint density at radius 3 is 2.51 bits per heavy atom. The summed E-state index contributed by atoms with van der Waals surface area (Å²) in [6.45, 7) is 5.26. The lowest BCUT2D eigenvalue weighted by atomic mass is 9.98. The first-order valence-electron chi connectivity index (χ1n) is 11.1. The van der Waals surface area contributed by atoms with Gasteiger partial charge in [-0.15, -0.1) is 11.8 Å². The van der Waals surface area contributed by atoms with Crippen molar-refractivity contribution in [3.05, 3.63) is 48.0 Å². The molecule has 0 bridgehead atoms. The Balaban J connectivity index is 1.73. The van der Waals surface area contributed by atoms with Crippen molar-refractivity contribution >= 4 is 41.4 Å². The molecule has 1 aromatic rings. The highest BCUT2D eigenvalue weighted by atomic mass is 32.2. The monoisotopic (exact) mass is 503 g/mol. The third-order valence-electron chi connectivity index (χ3n) is 5.51. The lowest BCUT2D eigenvalue weighted by molar-refractivity contribution is -0.182. The molecule has 1 unspecified atom stereocenters. The van der Waals surface area contributed by atoms with Crippen LogP contribution < -0.4 is 5.32 Å².